The van der Waals surface area contributed by atoms with Crippen LogP contribution in [-0.2, 0) is 0 Å². The summed E-state index contributed by atoms with van der Waals surface area (Å²) < 4.78 is 7.14. The van der Waals surface area contributed by atoms with Crippen LogP contribution >= 0.6 is 43.2 Å². The number of hydrazone groups is 1. The summed E-state index contributed by atoms with van der Waals surface area (Å²) in [5, 5.41) is 5.77. The summed E-state index contributed by atoms with van der Waals surface area (Å²) in [6, 6.07) is 15.5. The maximum Gasteiger partial charge on any atom is 0.343 e. The van der Waals surface area contributed by atoms with Gasteiger partial charge in [-0.3, -0.25) is 4.79 Å². The molecule has 0 unspecified atom stereocenters. The van der Waals surface area contributed by atoms with Gasteiger partial charge in [0, 0.05) is 14.5 Å². The molecule has 0 aliphatic heterocycles. The third-order valence-corrected chi connectivity index (χ3v) is 5.26. The SMILES string of the molecule is O=C(Oc1ccc(Br)cc1/C=N\NC(=O)c1cccs1)c1ccc(Br)cc1. The zero-order valence-electron chi connectivity index (χ0n) is 13.7. The van der Waals surface area contributed by atoms with E-state index >= 15 is 0 Å². The second-order valence-corrected chi connectivity index (χ2v) is 8.03. The summed E-state index contributed by atoms with van der Waals surface area (Å²) in [4.78, 5) is 24.8. The lowest BCUT2D eigenvalue weighted by Crippen LogP contribution is -2.16. The molecule has 136 valence electrons. The normalized spacial score (nSPS) is 10.7. The molecule has 5 nitrogen and oxygen atoms in total. The lowest BCUT2D eigenvalue weighted by molar-refractivity contribution is 0.0734. The van der Waals surface area contributed by atoms with Crippen molar-refractivity contribution in [3.8, 4) is 5.75 Å². The molecule has 0 atom stereocenters. The first-order chi connectivity index (χ1) is 13.0. The minimum absolute atomic E-state index is 0.301. The van der Waals surface area contributed by atoms with E-state index in [0.717, 1.165) is 8.95 Å². The van der Waals surface area contributed by atoms with E-state index in [0.29, 0.717) is 21.8 Å². The van der Waals surface area contributed by atoms with Gasteiger partial charge in [0.1, 0.15) is 5.75 Å². The van der Waals surface area contributed by atoms with Crippen LogP contribution in [0.3, 0.4) is 0 Å². The quantitative estimate of drug-likeness (QED) is 0.222. The molecule has 0 saturated carbocycles. The van der Waals surface area contributed by atoms with Crippen LogP contribution in [0, 0.1) is 0 Å². The molecule has 1 N–H and O–H groups in total. The second kappa shape index (κ2) is 9.07. The van der Waals surface area contributed by atoms with Crippen LogP contribution in [0.2, 0.25) is 0 Å². The molecule has 0 saturated heterocycles. The molecule has 8 heteroatoms. The fourth-order valence-corrected chi connectivity index (χ4v) is 3.34. The van der Waals surface area contributed by atoms with E-state index in [1.165, 1.54) is 17.6 Å². The largest absolute Gasteiger partial charge is 0.422 e. The molecule has 1 heterocycles. The number of amides is 1. The van der Waals surface area contributed by atoms with Gasteiger partial charge in [-0.2, -0.15) is 5.10 Å². The van der Waals surface area contributed by atoms with Crippen LogP contribution in [0.1, 0.15) is 25.6 Å². The van der Waals surface area contributed by atoms with E-state index in [2.05, 4.69) is 42.4 Å². The van der Waals surface area contributed by atoms with Crippen molar-refractivity contribution >= 4 is 61.3 Å². The number of rotatable bonds is 5. The first-order valence-electron chi connectivity index (χ1n) is 7.67. The highest BCUT2D eigenvalue weighted by Crippen LogP contribution is 2.23. The van der Waals surface area contributed by atoms with Gasteiger partial charge in [-0.1, -0.05) is 37.9 Å². The topological polar surface area (TPSA) is 67.8 Å². The van der Waals surface area contributed by atoms with E-state index < -0.39 is 5.97 Å². The number of nitrogens with zero attached hydrogens (tertiary/aromatic N) is 1. The molecule has 2 aromatic carbocycles. The predicted octanol–water partition coefficient (Wildman–Crippen LogP) is 5.26. The Kier molecular flexibility index (Phi) is 6.54. The zero-order chi connectivity index (χ0) is 19.2. The monoisotopic (exact) mass is 506 g/mol. The Balaban J connectivity index is 1.74. The van der Waals surface area contributed by atoms with Gasteiger partial charge in [0.2, 0.25) is 0 Å². The average Bonchev–Trinajstić information content (AvgIpc) is 3.19. The van der Waals surface area contributed by atoms with Crippen LogP contribution in [-0.4, -0.2) is 18.1 Å². The third-order valence-electron chi connectivity index (χ3n) is 3.37. The molecule has 0 aliphatic rings. The molecule has 0 radical (unpaired) electrons. The standard InChI is InChI=1S/C19H12Br2N2O3S/c20-14-5-3-12(4-6-14)19(25)26-16-8-7-15(21)10-13(16)11-22-23-18(24)17-2-1-9-27-17/h1-11H,(H,23,24)/b22-11-. The molecule has 1 amide bonds. The number of carbonyl (C=O) groups excluding carboxylic acids is 2. The number of nitrogens with one attached hydrogen (secondary N) is 1. The zero-order valence-corrected chi connectivity index (χ0v) is 17.7. The maximum atomic E-state index is 12.3. The lowest BCUT2D eigenvalue weighted by atomic mass is 10.2. The minimum atomic E-state index is -0.484. The number of benzene rings is 2. The third kappa shape index (κ3) is 5.35. The van der Waals surface area contributed by atoms with Crippen molar-refractivity contribution in [3.05, 3.63) is 84.9 Å². The van der Waals surface area contributed by atoms with E-state index in [9.17, 15) is 9.59 Å². The highest BCUT2D eigenvalue weighted by Gasteiger charge is 2.12. The maximum absolute atomic E-state index is 12.3. The van der Waals surface area contributed by atoms with Crippen molar-refractivity contribution in [2.45, 2.75) is 0 Å². The van der Waals surface area contributed by atoms with Crippen molar-refractivity contribution in [3.63, 3.8) is 0 Å². The van der Waals surface area contributed by atoms with Crippen molar-refractivity contribution < 1.29 is 14.3 Å². The van der Waals surface area contributed by atoms with Gasteiger partial charge in [-0.25, -0.2) is 10.2 Å². The number of esters is 1. The Labute approximate surface area is 176 Å². The number of halogens is 2. The van der Waals surface area contributed by atoms with Crippen molar-refractivity contribution in [2.75, 3.05) is 0 Å². The highest BCUT2D eigenvalue weighted by atomic mass is 79.9. The van der Waals surface area contributed by atoms with E-state index in [1.54, 1.807) is 54.6 Å². The number of ether oxygens (including phenoxy) is 1. The predicted molar refractivity (Wildman–Crippen MR) is 113 cm³/mol. The van der Waals surface area contributed by atoms with Crippen LogP contribution in [0.4, 0.5) is 0 Å². The van der Waals surface area contributed by atoms with Crippen LogP contribution in [0.5, 0.6) is 5.75 Å². The summed E-state index contributed by atoms with van der Waals surface area (Å²) in [6.45, 7) is 0. The molecule has 0 bridgehead atoms. The van der Waals surface area contributed by atoms with E-state index in [1.807, 2.05) is 5.38 Å². The molecule has 0 fully saturated rings. The average molecular weight is 508 g/mol. The first-order valence-corrected chi connectivity index (χ1v) is 10.1. The molecular formula is C19H12Br2N2O3S. The van der Waals surface area contributed by atoms with Gasteiger partial charge in [-0.15, -0.1) is 11.3 Å². The Hall–Kier alpha value is -2.29. The van der Waals surface area contributed by atoms with Gasteiger partial charge < -0.3 is 4.74 Å². The summed E-state index contributed by atoms with van der Waals surface area (Å²) in [6.07, 6.45) is 1.43. The van der Waals surface area contributed by atoms with Gasteiger partial charge in [0.25, 0.3) is 5.91 Å². The highest BCUT2D eigenvalue weighted by molar-refractivity contribution is 9.10. The number of carbonyl (C=O) groups is 2. The summed E-state index contributed by atoms with van der Waals surface area (Å²) in [7, 11) is 0. The molecule has 1 aromatic heterocycles. The Morgan fingerprint density at radius 3 is 2.48 bits per heavy atom. The molecule has 0 spiro atoms. The molecule has 27 heavy (non-hydrogen) atoms. The number of hydrogen-bond donors (Lipinski definition) is 1. The smallest absolute Gasteiger partial charge is 0.343 e. The van der Waals surface area contributed by atoms with Crippen LogP contribution < -0.4 is 10.2 Å². The molecule has 3 rings (SSSR count). The van der Waals surface area contributed by atoms with Crippen molar-refractivity contribution in [2.24, 2.45) is 5.10 Å². The minimum Gasteiger partial charge on any atom is -0.422 e. The van der Waals surface area contributed by atoms with Gasteiger partial charge in [0.05, 0.1) is 16.7 Å². The van der Waals surface area contributed by atoms with Gasteiger partial charge >= 0.3 is 5.97 Å². The van der Waals surface area contributed by atoms with Crippen molar-refractivity contribution in [1.29, 1.82) is 0 Å². The van der Waals surface area contributed by atoms with E-state index in [-0.39, 0.29) is 5.91 Å². The van der Waals surface area contributed by atoms with Crippen molar-refractivity contribution in [1.82, 2.24) is 5.43 Å². The summed E-state index contributed by atoms with van der Waals surface area (Å²) in [5.74, 6) is -0.452. The molecular weight excluding hydrogens is 496 g/mol. The van der Waals surface area contributed by atoms with Crippen LogP contribution in [0.25, 0.3) is 0 Å². The number of thiophene rings is 1. The lowest BCUT2D eigenvalue weighted by Gasteiger charge is -2.08. The summed E-state index contributed by atoms with van der Waals surface area (Å²) >= 11 is 8.03. The molecule has 0 aliphatic carbocycles. The van der Waals surface area contributed by atoms with Gasteiger partial charge in [0.15, 0.2) is 0 Å². The fourth-order valence-electron chi connectivity index (χ4n) is 2.08. The summed E-state index contributed by atoms with van der Waals surface area (Å²) in [5.41, 5.74) is 3.42. The Morgan fingerprint density at radius 2 is 1.78 bits per heavy atom. The Morgan fingerprint density at radius 1 is 1.04 bits per heavy atom. The van der Waals surface area contributed by atoms with Crippen LogP contribution in [0.15, 0.2) is 74.0 Å². The Bertz CT molecular complexity index is 987. The van der Waals surface area contributed by atoms with E-state index in [4.69, 9.17) is 4.74 Å². The molecule has 3 aromatic rings. The van der Waals surface area contributed by atoms with Gasteiger partial charge in [-0.05, 0) is 53.9 Å². The number of hydrogen-bond acceptors (Lipinski definition) is 5. The fraction of sp³-hybridized carbons (Fsp3) is 0. The second-order valence-electron chi connectivity index (χ2n) is 5.25. The first kappa shape index (κ1) is 19.5.